The van der Waals surface area contributed by atoms with E-state index in [9.17, 15) is 0 Å². The largest absolute Gasteiger partial charge is 0.157 e. The second kappa shape index (κ2) is 4.60. The summed E-state index contributed by atoms with van der Waals surface area (Å²) in [5.41, 5.74) is 3.63. The number of hydrogen-bond donors (Lipinski definition) is 0. The molecule has 3 aliphatic rings. The monoisotopic (exact) mass is 236 g/mol. The van der Waals surface area contributed by atoms with Crippen LogP contribution in [0, 0.1) is 17.3 Å². The minimum absolute atomic E-state index is 0.606. The van der Waals surface area contributed by atoms with Crippen LogP contribution >= 0.6 is 11.8 Å². The Balaban J connectivity index is 1.75. The van der Waals surface area contributed by atoms with Crippen molar-refractivity contribution >= 4 is 11.8 Å². The molecule has 1 saturated carbocycles. The van der Waals surface area contributed by atoms with Gasteiger partial charge in [0.25, 0.3) is 0 Å². The summed E-state index contributed by atoms with van der Waals surface area (Å²) in [6, 6.07) is 0. The molecule has 0 heterocycles. The van der Waals surface area contributed by atoms with E-state index in [0.717, 1.165) is 17.6 Å². The van der Waals surface area contributed by atoms with Gasteiger partial charge in [-0.25, -0.2) is 0 Å². The van der Waals surface area contributed by atoms with Gasteiger partial charge in [-0.1, -0.05) is 37.6 Å². The second-order valence-corrected chi connectivity index (χ2v) is 7.25. The highest BCUT2D eigenvalue weighted by Gasteiger charge is 2.49. The van der Waals surface area contributed by atoms with Gasteiger partial charge in [-0.05, 0) is 49.2 Å². The molecule has 0 N–H and O–H groups in total. The maximum atomic E-state index is 3.94. The SMILES string of the molecule is C=C(C)CSCCC1=C[C@@H]2C[C@H](C1)C2(C)C. The van der Waals surface area contributed by atoms with E-state index < -0.39 is 0 Å². The first-order valence-corrected chi connectivity index (χ1v) is 7.57. The lowest BCUT2D eigenvalue weighted by molar-refractivity contribution is -0.00146. The molecule has 0 aliphatic heterocycles. The summed E-state index contributed by atoms with van der Waals surface area (Å²) >= 11 is 2.03. The van der Waals surface area contributed by atoms with Crippen molar-refractivity contribution in [3.63, 3.8) is 0 Å². The molecule has 0 aromatic rings. The van der Waals surface area contributed by atoms with Gasteiger partial charge >= 0.3 is 0 Å². The molecule has 90 valence electrons. The van der Waals surface area contributed by atoms with Crippen LogP contribution in [0.1, 0.15) is 40.0 Å². The molecule has 0 nitrogen and oxygen atoms in total. The average Bonchev–Trinajstić information content (AvgIpc) is 2.24. The van der Waals surface area contributed by atoms with E-state index in [-0.39, 0.29) is 0 Å². The Labute approximate surface area is 105 Å². The zero-order chi connectivity index (χ0) is 11.8. The molecule has 2 bridgehead atoms. The van der Waals surface area contributed by atoms with Crippen LogP contribution in [0.15, 0.2) is 23.8 Å². The van der Waals surface area contributed by atoms with Crippen LogP contribution in [0.5, 0.6) is 0 Å². The fourth-order valence-corrected chi connectivity index (χ4v) is 3.89. The molecule has 0 unspecified atom stereocenters. The smallest absolute Gasteiger partial charge is 0.0137 e. The molecule has 2 atom stereocenters. The summed E-state index contributed by atoms with van der Waals surface area (Å²) in [4.78, 5) is 0. The predicted molar refractivity (Wildman–Crippen MR) is 74.8 cm³/mol. The number of hydrogen-bond acceptors (Lipinski definition) is 1. The topological polar surface area (TPSA) is 0 Å². The van der Waals surface area contributed by atoms with Crippen LogP contribution in [0.4, 0.5) is 0 Å². The Morgan fingerprint density at radius 2 is 2.31 bits per heavy atom. The first kappa shape index (κ1) is 12.3. The molecule has 0 spiro atoms. The molecule has 0 saturated heterocycles. The molecule has 1 heteroatoms. The van der Waals surface area contributed by atoms with Gasteiger partial charge in [-0.2, -0.15) is 11.8 Å². The second-order valence-electron chi connectivity index (χ2n) is 6.15. The molecule has 0 amide bonds. The van der Waals surface area contributed by atoms with Gasteiger partial charge < -0.3 is 0 Å². The minimum atomic E-state index is 0.606. The van der Waals surface area contributed by atoms with Gasteiger partial charge in [-0.3, -0.25) is 0 Å². The summed E-state index contributed by atoms with van der Waals surface area (Å²) in [5.74, 6) is 4.26. The van der Waals surface area contributed by atoms with Crippen molar-refractivity contribution in [2.75, 3.05) is 11.5 Å². The Hall–Kier alpha value is -0.170. The standard InChI is InChI=1S/C15H24S/c1-11(2)10-16-6-5-12-7-13-9-14(8-12)15(13,3)4/h7,13-14H,1,5-6,8-10H2,2-4H3/t13-,14+/m1/s1. The third-order valence-electron chi connectivity index (χ3n) is 4.41. The Kier molecular flexibility index (Phi) is 3.53. The first-order valence-electron chi connectivity index (χ1n) is 6.42. The van der Waals surface area contributed by atoms with E-state index in [1.807, 2.05) is 11.8 Å². The molecule has 0 aromatic carbocycles. The lowest BCUT2D eigenvalue weighted by Gasteiger charge is -2.55. The minimum Gasteiger partial charge on any atom is -0.157 e. The lowest BCUT2D eigenvalue weighted by atomic mass is 9.50. The van der Waals surface area contributed by atoms with Crippen LogP contribution in [-0.2, 0) is 0 Å². The quantitative estimate of drug-likeness (QED) is 0.493. The molecular weight excluding hydrogens is 212 g/mol. The summed E-state index contributed by atoms with van der Waals surface area (Å²) < 4.78 is 0. The van der Waals surface area contributed by atoms with E-state index in [2.05, 4.69) is 33.4 Å². The number of allylic oxidation sites excluding steroid dienone is 2. The number of rotatable bonds is 5. The van der Waals surface area contributed by atoms with E-state index >= 15 is 0 Å². The van der Waals surface area contributed by atoms with Crippen LogP contribution < -0.4 is 0 Å². The van der Waals surface area contributed by atoms with Crippen molar-refractivity contribution in [1.82, 2.24) is 0 Å². The van der Waals surface area contributed by atoms with Gasteiger partial charge in [0, 0.05) is 5.75 Å². The summed E-state index contributed by atoms with van der Waals surface area (Å²) in [7, 11) is 0. The Bertz CT molecular complexity index is 311. The molecule has 16 heavy (non-hydrogen) atoms. The summed E-state index contributed by atoms with van der Waals surface area (Å²) in [5, 5.41) is 0. The van der Waals surface area contributed by atoms with Crippen LogP contribution in [0.3, 0.4) is 0 Å². The van der Waals surface area contributed by atoms with Crippen molar-refractivity contribution in [1.29, 1.82) is 0 Å². The van der Waals surface area contributed by atoms with E-state index in [1.165, 1.54) is 30.6 Å². The Morgan fingerprint density at radius 1 is 1.56 bits per heavy atom. The maximum absolute atomic E-state index is 3.94. The maximum Gasteiger partial charge on any atom is 0.0137 e. The van der Waals surface area contributed by atoms with Crippen molar-refractivity contribution in [2.45, 2.75) is 40.0 Å². The van der Waals surface area contributed by atoms with Crippen LogP contribution in [0.2, 0.25) is 0 Å². The zero-order valence-electron chi connectivity index (χ0n) is 10.9. The van der Waals surface area contributed by atoms with Gasteiger partial charge in [0.05, 0.1) is 0 Å². The van der Waals surface area contributed by atoms with E-state index in [0.29, 0.717) is 5.41 Å². The number of fused-ring (bicyclic) bond motifs is 1. The summed E-state index contributed by atoms with van der Waals surface area (Å²) in [6.45, 7) is 10.9. The van der Waals surface area contributed by atoms with Crippen LogP contribution in [0.25, 0.3) is 0 Å². The molecule has 3 rings (SSSR count). The molecule has 0 radical (unpaired) electrons. The highest BCUT2D eigenvalue weighted by atomic mass is 32.2. The highest BCUT2D eigenvalue weighted by molar-refractivity contribution is 7.99. The first-order chi connectivity index (χ1) is 7.50. The Morgan fingerprint density at radius 3 is 2.81 bits per heavy atom. The number of thioether (sulfide) groups is 1. The average molecular weight is 236 g/mol. The fourth-order valence-electron chi connectivity index (χ4n) is 2.99. The van der Waals surface area contributed by atoms with Gasteiger partial charge in [0.15, 0.2) is 0 Å². The van der Waals surface area contributed by atoms with Crippen molar-refractivity contribution in [3.05, 3.63) is 23.8 Å². The van der Waals surface area contributed by atoms with Crippen LogP contribution in [-0.4, -0.2) is 11.5 Å². The fraction of sp³-hybridized carbons (Fsp3) is 0.733. The zero-order valence-corrected chi connectivity index (χ0v) is 11.7. The van der Waals surface area contributed by atoms with Crippen molar-refractivity contribution in [3.8, 4) is 0 Å². The normalized spacial score (nSPS) is 30.6. The van der Waals surface area contributed by atoms with Gasteiger partial charge in [0.1, 0.15) is 0 Å². The highest BCUT2D eigenvalue weighted by Crippen LogP contribution is 2.58. The van der Waals surface area contributed by atoms with Crippen molar-refractivity contribution in [2.24, 2.45) is 17.3 Å². The van der Waals surface area contributed by atoms with Gasteiger partial charge in [0.2, 0.25) is 0 Å². The third-order valence-corrected chi connectivity index (χ3v) is 5.60. The van der Waals surface area contributed by atoms with E-state index in [4.69, 9.17) is 0 Å². The predicted octanol–water partition coefficient (Wildman–Crippen LogP) is 4.68. The van der Waals surface area contributed by atoms with E-state index in [1.54, 1.807) is 5.57 Å². The molecular formula is C15H24S. The third kappa shape index (κ3) is 2.40. The van der Waals surface area contributed by atoms with Gasteiger partial charge in [-0.15, -0.1) is 0 Å². The molecule has 0 aromatic heterocycles. The summed E-state index contributed by atoms with van der Waals surface area (Å²) in [6.07, 6.45) is 6.72. The molecule has 1 fully saturated rings. The molecule has 3 aliphatic carbocycles. The van der Waals surface area contributed by atoms with Crippen molar-refractivity contribution < 1.29 is 0 Å². The lowest BCUT2D eigenvalue weighted by Crippen LogP contribution is -2.46.